The first-order chi connectivity index (χ1) is 23.5. The molecule has 1 nitrogen and oxygen atoms in total. The summed E-state index contributed by atoms with van der Waals surface area (Å²) < 4.78 is 0. The third-order valence-electron chi connectivity index (χ3n) is 12.0. The van der Waals surface area contributed by atoms with Gasteiger partial charge >= 0.3 is 0 Å². The van der Waals surface area contributed by atoms with E-state index in [9.17, 15) is 0 Å². The molecule has 0 radical (unpaired) electrons. The van der Waals surface area contributed by atoms with Crippen molar-refractivity contribution in [2.75, 3.05) is 19.6 Å². The van der Waals surface area contributed by atoms with Crippen LogP contribution in [0.4, 0.5) is 0 Å². The monoisotopic (exact) mass is 670 g/mol. The van der Waals surface area contributed by atoms with Crippen molar-refractivity contribution in [1.29, 1.82) is 0 Å². The maximum Gasteiger partial charge on any atom is -0.00157 e. The van der Waals surface area contributed by atoms with Crippen LogP contribution in [0.25, 0.3) is 0 Å². The summed E-state index contributed by atoms with van der Waals surface area (Å²) in [5, 5.41) is 0. The van der Waals surface area contributed by atoms with Crippen LogP contribution >= 0.6 is 0 Å². The molecule has 0 aromatic heterocycles. The van der Waals surface area contributed by atoms with Crippen LogP contribution in [-0.4, -0.2) is 24.5 Å². The Labute approximate surface area is 305 Å². The zero-order chi connectivity index (χ0) is 34.9. The first-order valence-corrected chi connectivity index (χ1v) is 22.6. The number of hydrogen-bond donors (Lipinski definition) is 0. The Morgan fingerprint density at radius 2 is 1.04 bits per heavy atom. The Morgan fingerprint density at radius 3 is 1.73 bits per heavy atom. The first-order valence-electron chi connectivity index (χ1n) is 22.6. The van der Waals surface area contributed by atoms with E-state index in [1.54, 1.807) is 5.57 Å². The summed E-state index contributed by atoms with van der Waals surface area (Å²) in [6.07, 6.45) is 46.2. The van der Waals surface area contributed by atoms with E-state index in [1.807, 2.05) is 0 Å². The van der Waals surface area contributed by atoms with E-state index in [1.165, 1.54) is 237 Å². The molecule has 48 heavy (non-hydrogen) atoms. The lowest BCUT2D eigenvalue weighted by Crippen LogP contribution is -2.27. The average molecular weight is 670 g/mol. The van der Waals surface area contributed by atoms with Crippen LogP contribution < -0.4 is 0 Å². The molecule has 1 saturated heterocycles. The van der Waals surface area contributed by atoms with E-state index in [0.29, 0.717) is 0 Å². The minimum atomic E-state index is 0.911. The Bertz CT molecular complexity index is 708. The minimum Gasteiger partial charge on any atom is -0.303 e. The fourth-order valence-corrected chi connectivity index (χ4v) is 8.56. The van der Waals surface area contributed by atoms with Crippen molar-refractivity contribution in [2.24, 2.45) is 17.8 Å². The van der Waals surface area contributed by atoms with Gasteiger partial charge in [-0.15, -0.1) is 0 Å². The van der Waals surface area contributed by atoms with Crippen molar-refractivity contribution in [3.63, 3.8) is 0 Å². The van der Waals surface area contributed by atoms with Crippen LogP contribution in [-0.2, 0) is 0 Å². The van der Waals surface area contributed by atoms with Gasteiger partial charge in [0.15, 0.2) is 0 Å². The molecule has 0 saturated carbocycles. The number of unbranched alkanes of at least 4 members (excludes halogenated alkanes) is 6. The van der Waals surface area contributed by atoms with Crippen molar-refractivity contribution in [2.45, 2.75) is 240 Å². The van der Waals surface area contributed by atoms with Crippen molar-refractivity contribution >= 4 is 0 Å². The molecular formula is C47H91N. The zero-order valence-electron chi connectivity index (χ0n) is 34.0. The second kappa shape index (κ2) is 33.6. The average Bonchev–Trinajstić information content (AvgIpc) is 3.07. The third kappa shape index (κ3) is 27.2. The summed E-state index contributed by atoms with van der Waals surface area (Å²) >= 11 is 0. The number of hydrogen-bond acceptors (Lipinski definition) is 1. The van der Waals surface area contributed by atoms with Gasteiger partial charge < -0.3 is 4.90 Å². The summed E-state index contributed by atoms with van der Waals surface area (Å²) in [6, 6.07) is 0. The lowest BCUT2D eigenvalue weighted by atomic mass is 9.80. The molecule has 0 spiro atoms. The second-order valence-electron chi connectivity index (χ2n) is 16.7. The van der Waals surface area contributed by atoms with Crippen molar-refractivity contribution in [3.05, 3.63) is 24.3 Å². The van der Waals surface area contributed by atoms with E-state index in [-0.39, 0.29) is 0 Å². The maximum atomic E-state index is 4.58. The molecule has 284 valence electrons. The highest BCUT2D eigenvalue weighted by Crippen LogP contribution is 2.32. The molecule has 1 heterocycles. The molecule has 0 bridgehead atoms. The van der Waals surface area contributed by atoms with Crippen LogP contribution in [0.1, 0.15) is 240 Å². The smallest absolute Gasteiger partial charge is 0.00157 e. The van der Waals surface area contributed by atoms with Crippen LogP contribution in [0.2, 0.25) is 0 Å². The minimum absolute atomic E-state index is 0.911. The maximum absolute atomic E-state index is 4.58. The summed E-state index contributed by atoms with van der Waals surface area (Å²) in [4.78, 5) is 2.74. The molecule has 3 atom stereocenters. The third-order valence-corrected chi connectivity index (χ3v) is 12.0. The lowest BCUT2D eigenvalue weighted by Gasteiger charge is -2.25. The van der Waals surface area contributed by atoms with Gasteiger partial charge in [-0.05, 0) is 102 Å². The van der Waals surface area contributed by atoms with Gasteiger partial charge in [-0.3, -0.25) is 0 Å². The zero-order valence-corrected chi connectivity index (χ0v) is 34.0. The van der Waals surface area contributed by atoms with E-state index in [4.69, 9.17) is 0 Å². The SMILES string of the molecule is C=C1CCCCCCCCCC(C)C(CCCC)CCCC(CCCCCCCC)CCC(=C)CCCCCCCN(CCC)CCC1. The Hall–Kier alpha value is -0.560. The van der Waals surface area contributed by atoms with Gasteiger partial charge in [-0.25, -0.2) is 0 Å². The summed E-state index contributed by atoms with van der Waals surface area (Å²) in [7, 11) is 0. The van der Waals surface area contributed by atoms with E-state index < -0.39 is 0 Å². The van der Waals surface area contributed by atoms with Gasteiger partial charge in [-0.1, -0.05) is 200 Å². The molecule has 0 aromatic rings. The van der Waals surface area contributed by atoms with Crippen LogP contribution in [0, 0.1) is 17.8 Å². The Morgan fingerprint density at radius 1 is 0.479 bits per heavy atom. The molecule has 1 rings (SSSR count). The normalized spacial score (nSPS) is 24.7. The van der Waals surface area contributed by atoms with Gasteiger partial charge in [0.05, 0.1) is 0 Å². The van der Waals surface area contributed by atoms with Crippen LogP contribution in [0.15, 0.2) is 24.3 Å². The standard InChI is InChI=1S/C47H91N/c1-7-10-12-13-21-26-34-46-35-28-37-47(36-11-8-2)45(6)33-25-20-16-14-15-18-23-30-43(4)32-29-42-48(40-9-3)41-27-22-17-19-24-31-44(5)38-39-46/h45-47H,4-5,7-42H2,1-3,6H3. The molecule has 1 aliphatic heterocycles. The summed E-state index contributed by atoms with van der Waals surface area (Å²) in [5.74, 6) is 2.80. The molecule has 0 amide bonds. The van der Waals surface area contributed by atoms with Gasteiger partial charge in [0.2, 0.25) is 0 Å². The number of allylic oxidation sites excluding steroid dienone is 2. The molecule has 0 aliphatic carbocycles. The van der Waals surface area contributed by atoms with Crippen molar-refractivity contribution < 1.29 is 0 Å². The molecule has 1 heteroatoms. The van der Waals surface area contributed by atoms with Crippen LogP contribution in [0.3, 0.4) is 0 Å². The number of rotatable bonds is 12. The fourth-order valence-electron chi connectivity index (χ4n) is 8.56. The van der Waals surface area contributed by atoms with Gasteiger partial charge in [0, 0.05) is 0 Å². The highest BCUT2D eigenvalue weighted by molar-refractivity contribution is 4.94. The predicted octanol–water partition coefficient (Wildman–Crippen LogP) is 16.2. The topological polar surface area (TPSA) is 3.24 Å². The molecule has 1 aliphatic rings. The van der Waals surface area contributed by atoms with Gasteiger partial charge in [0.1, 0.15) is 0 Å². The highest BCUT2D eigenvalue weighted by atomic mass is 15.1. The second-order valence-corrected chi connectivity index (χ2v) is 16.7. The van der Waals surface area contributed by atoms with Crippen molar-refractivity contribution in [3.8, 4) is 0 Å². The highest BCUT2D eigenvalue weighted by Gasteiger charge is 2.18. The fraction of sp³-hybridized carbons (Fsp3) is 0.915. The molecule has 0 aromatic carbocycles. The molecule has 0 N–H and O–H groups in total. The molecular weight excluding hydrogens is 579 g/mol. The Balaban J connectivity index is 2.68. The first kappa shape index (κ1) is 45.5. The Kier molecular flexibility index (Phi) is 31.8. The largest absolute Gasteiger partial charge is 0.303 e. The van der Waals surface area contributed by atoms with Gasteiger partial charge in [-0.2, -0.15) is 0 Å². The van der Waals surface area contributed by atoms with E-state index >= 15 is 0 Å². The summed E-state index contributed by atoms with van der Waals surface area (Å²) in [6.45, 7) is 22.5. The summed E-state index contributed by atoms with van der Waals surface area (Å²) in [5.41, 5.74) is 3.06. The molecule has 3 unspecified atom stereocenters. The lowest BCUT2D eigenvalue weighted by molar-refractivity contribution is 0.263. The predicted molar refractivity (Wildman–Crippen MR) is 220 cm³/mol. The van der Waals surface area contributed by atoms with E-state index in [2.05, 4.69) is 45.8 Å². The quantitative estimate of drug-likeness (QED) is 0.148. The van der Waals surface area contributed by atoms with Crippen LogP contribution in [0.5, 0.6) is 0 Å². The molecule has 1 fully saturated rings. The number of nitrogens with zero attached hydrogens (tertiary/aromatic N) is 1. The van der Waals surface area contributed by atoms with Gasteiger partial charge in [0.25, 0.3) is 0 Å². The van der Waals surface area contributed by atoms with E-state index in [0.717, 1.165) is 17.8 Å². The van der Waals surface area contributed by atoms with Crippen molar-refractivity contribution in [1.82, 2.24) is 4.90 Å².